The lowest BCUT2D eigenvalue weighted by atomic mass is 10.1. The fourth-order valence-electron chi connectivity index (χ4n) is 2.69. The molecule has 0 aliphatic rings. The van der Waals surface area contributed by atoms with E-state index in [4.69, 9.17) is 5.11 Å². The summed E-state index contributed by atoms with van der Waals surface area (Å²) in [5.41, 5.74) is 2.97. The molecular formula is C18H18N4O4S. The number of aliphatic carboxylic acids is 1. The number of carbonyl (C=O) groups excluding carboxylic acids is 1. The van der Waals surface area contributed by atoms with Crippen molar-refractivity contribution in [3.05, 3.63) is 63.1 Å². The van der Waals surface area contributed by atoms with Gasteiger partial charge in [0.05, 0.1) is 0 Å². The van der Waals surface area contributed by atoms with E-state index in [0.717, 1.165) is 5.56 Å². The van der Waals surface area contributed by atoms with Gasteiger partial charge < -0.3 is 10.4 Å². The molecule has 3 N–H and O–H groups in total. The molecule has 3 aromatic rings. The van der Waals surface area contributed by atoms with Crippen LogP contribution in [-0.4, -0.2) is 38.1 Å². The fraction of sp³-hybridized carbons (Fsp3) is 0.222. The molecule has 0 aliphatic heterocycles. The minimum absolute atomic E-state index is 0.161. The van der Waals surface area contributed by atoms with Crippen LogP contribution in [0.25, 0.3) is 5.65 Å². The van der Waals surface area contributed by atoms with E-state index in [0.29, 0.717) is 10.8 Å². The van der Waals surface area contributed by atoms with Crippen molar-refractivity contribution in [3.63, 3.8) is 0 Å². The molecule has 1 amide bonds. The van der Waals surface area contributed by atoms with E-state index in [9.17, 15) is 14.4 Å². The van der Waals surface area contributed by atoms with Crippen molar-refractivity contribution in [2.45, 2.75) is 24.6 Å². The normalized spacial score (nSPS) is 10.9. The van der Waals surface area contributed by atoms with Crippen LogP contribution in [0.15, 0.2) is 40.4 Å². The van der Waals surface area contributed by atoms with E-state index in [2.05, 4.69) is 27.5 Å². The molecule has 0 atom stereocenters. The van der Waals surface area contributed by atoms with Crippen molar-refractivity contribution < 1.29 is 14.7 Å². The molecule has 0 saturated carbocycles. The van der Waals surface area contributed by atoms with Crippen molar-refractivity contribution in [2.24, 2.45) is 0 Å². The number of aromatic amines is 1. The Morgan fingerprint density at radius 3 is 2.78 bits per heavy atom. The number of hydrogen-bond acceptors (Lipinski definition) is 5. The van der Waals surface area contributed by atoms with Gasteiger partial charge >= 0.3 is 5.97 Å². The summed E-state index contributed by atoms with van der Waals surface area (Å²) >= 11 is 1.45. The second kappa shape index (κ2) is 7.67. The molecule has 8 nitrogen and oxygen atoms in total. The Bertz CT molecular complexity index is 1090. The van der Waals surface area contributed by atoms with Gasteiger partial charge in [-0.25, -0.2) is 9.50 Å². The lowest BCUT2D eigenvalue weighted by Gasteiger charge is -2.09. The number of carbonyl (C=O) groups is 2. The van der Waals surface area contributed by atoms with Crippen LogP contribution in [0.5, 0.6) is 0 Å². The average Bonchev–Trinajstić information content (AvgIpc) is 3.08. The van der Waals surface area contributed by atoms with E-state index >= 15 is 0 Å². The van der Waals surface area contributed by atoms with Crippen molar-refractivity contribution in [2.75, 3.05) is 6.54 Å². The first-order chi connectivity index (χ1) is 12.9. The first-order valence-electron chi connectivity index (χ1n) is 8.15. The van der Waals surface area contributed by atoms with Crippen LogP contribution in [0.3, 0.4) is 0 Å². The number of thioether (sulfide) groups is 1. The highest BCUT2D eigenvalue weighted by atomic mass is 32.2. The van der Waals surface area contributed by atoms with Gasteiger partial charge in [0.2, 0.25) is 0 Å². The molecule has 0 bridgehead atoms. The van der Waals surface area contributed by atoms with Gasteiger partial charge in [-0.1, -0.05) is 23.8 Å². The summed E-state index contributed by atoms with van der Waals surface area (Å²) in [6.07, 6.45) is 1.38. The molecular weight excluding hydrogens is 368 g/mol. The third-order valence-corrected chi connectivity index (χ3v) is 5.08. The molecule has 0 saturated heterocycles. The van der Waals surface area contributed by atoms with Gasteiger partial charge in [0.1, 0.15) is 23.5 Å². The van der Waals surface area contributed by atoms with Crippen molar-refractivity contribution in [1.29, 1.82) is 0 Å². The van der Waals surface area contributed by atoms with Crippen LogP contribution in [0, 0.1) is 13.8 Å². The number of amides is 1. The molecule has 3 rings (SSSR count). The Labute approximate surface area is 158 Å². The number of benzene rings is 1. The van der Waals surface area contributed by atoms with E-state index in [-0.39, 0.29) is 11.2 Å². The summed E-state index contributed by atoms with van der Waals surface area (Å²) < 4.78 is 1.55. The Morgan fingerprint density at radius 2 is 2.07 bits per heavy atom. The highest BCUT2D eigenvalue weighted by Crippen LogP contribution is 2.24. The summed E-state index contributed by atoms with van der Waals surface area (Å²) in [5.74, 6) is -1.31. The molecule has 0 aliphatic carbocycles. The van der Waals surface area contributed by atoms with Gasteiger partial charge in [-0.3, -0.25) is 19.5 Å². The van der Waals surface area contributed by atoms with E-state index in [1.165, 1.54) is 35.3 Å². The lowest BCUT2D eigenvalue weighted by Crippen LogP contribution is -2.33. The second-order valence-corrected chi connectivity index (χ2v) is 7.06. The number of rotatable bonds is 6. The van der Waals surface area contributed by atoms with Gasteiger partial charge in [-0.15, -0.1) is 11.8 Å². The molecule has 9 heteroatoms. The SMILES string of the molecule is Cc1ccc(CSc2cc(=O)c(C(=O)NCC(=O)O)c3nc[nH]n23)c(C)c1. The van der Waals surface area contributed by atoms with Gasteiger partial charge in [0.15, 0.2) is 11.1 Å². The Balaban J connectivity index is 1.91. The molecule has 0 spiro atoms. The predicted octanol–water partition coefficient (Wildman–Crippen LogP) is 1.75. The first-order valence-corrected chi connectivity index (χ1v) is 9.13. The predicted molar refractivity (Wildman–Crippen MR) is 101 cm³/mol. The third kappa shape index (κ3) is 4.03. The molecule has 27 heavy (non-hydrogen) atoms. The number of nitrogens with zero attached hydrogens (tertiary/aromatic N) is 2. The molecule has 0 unspecified atom stereocenters. The van der Waals surface area contributed by atoms with E-state index < -0.39 is 23.9 Å². The van der Waals surface area contributed by atoms with Crippen LogP contribution in [-0.2, 0) is 10.5 Å². The standard InChI is InChI=1S/C18H18N4O4S/c1-10-3-4-12(11(2)5-10)8-27-14-6-13(23)16(17-20-9-21-22(14)17)18(26)19-7-15(24)25/h3-6,9H,7-8H2,1-2H3,(H,19,26)(H,20,21)(H,24,25). The fourth-order valence-corrected chi connectivity index (χ4v) is 3.78. The van der Waals surface area contributed by atoms with Crippen LogP contribution in [0.4, 0.5) is 0 Å². The van der Waals surface area contributed by atoms with Crippen LogP contribution in [0.2, 0.25) is 0 Å². The summed E-state index contributed by atoms with van der Waals surface area (Å²) in [6, 6.07) is 7.55. The quantitative estimate of drug-likeness (QED) is 0.556. The largest absolute Gasteiger partial charge is 0.480 e. The van der Waals surface area contributed by atoms with Gasteiger partial charge in [-0.05, 0) is 25.0 Å². The molecule has 140 valence electrons. The zero-order chi connectivity index (χ0) is 19.6. The smallest absolute Gasteiger partial charge is 0.322 e. The molecule has 0 fully saturated rings. The molecule has 2 aromatic heterocycles. The number of fused-ring (bicyclic) bond motifs is 1. The van der Waals surface area contributed by atoms with Crippen molar-refractivity contribution in [3.8, 4) is 0 Å². The number of H-pyrrole nitrogens is 1. The molecule has 1 aromatic carbocycles. The maximum absolute atomic E-state index is 12.5. The van der Waals surface area contributed by atoms with Crippen LogP contribution >= 0.6 is 11.8 Å². The van der Waals surface area contributed by atoms with Gasteiger partial charge in [-0.2, -0.15) is 0 Å². The lowest BCUT2D eigenvalue weighted by molar-refractivity contribution is -0.135. The van der Waals surface area contributed by atoms with Gasteiger partial charge in [0, 0.05) is 11.8 Å². The zero-order valence-corrected chi connectivity index (χ0v) is 15.6. The Kier molecular flexibility index (Phi) is 5.31. The van der Waals surface area contributed by atoms with E-state index in [1.807, 2.05) is 19.9 Å². The molecule has 2 heterocycles. The second-order valence-electron chi connectivity index (χ2n) is 6.06. The van der Waals surface area contributed by atoms with E-state index in [1.54, 1.807) is 4.52 Å². The van der Waals surface area contributed by atoms with Gasteiger partial charge in [0.25, 0.3) is 5.91 Å². The third-order valence-electron chi connectivity index (χ3n) is 4.03. The number of aromatic nitrogens is 3. The van der Waals surface area contributed by atoms with Crippen LogP contribution < -0.4 is 10.7 Å². The summed E-state index contributed by atoms with van der Waals surface area (Å²) in [7, 11) is 0. The van der Waals surface area contributed by atoms with Crippen LogP contribution in [0.1, 0.15) is 27.0 Å². The maximum Gasteiger partial charge on any atom is 0.322 e. The number of carboxylic acid groups (broad SMARTS) is 1. The number of carboxylic acids is 1. The first kappa shape index (κ1) is 18.7. The summed E-state index contributed by atoms with van der Waals surface area (Å²) in [4.78, 5) is 39.4. The zero-order valence-electron chi connectivity index (χ0n) is 14.8. The maximum atomic E-state index is 12.5. The topological polar surface area (TPSA) is 117 Å². The monoisotopic (exact) mass is 386 g/mol. The minimum Gasteiger partial charge on any atom is -0.480 e. The number of nitrogens with one attached hydrogen (secondary N) is 2. The van der Waals surface area contributed by atoms with Crippen molar-refractivity contribution >= 4 is 29.3 Å². The molecule has 0 radical (unpaired) electrons. The minimum atomic E-state index is -1.19. The number of hydrogen-bond donors (Lipinski definition) is 3. The average molecular weight is 386 g/mol. The highest BCUT2D eigenvalue weighted by Gasteiger charge is 2.19. The van der Waals surface area contributed by atoms with Crippen molar-refractivity contribution in [1.82, 2.24) is 19.9 Å². The highest BCUT2D eigenvalue weighted by molar-refractivity contribution is 7.98. The number of aryl methyl sites for hydroxylation is 2. The summed E-state index contributed by atoms with van der Waals surface area (Å²) in [5, 5.41) is 14.4. The summed E-state index contributed by atoms with van der Waals surface area (Å²) in [6.45, 7) is 3.50. The Hall–Kier alpha value is -3.07. The Morgan fingerprint density at radius 1 is 1.30 bits per heavy atom. The number of pyridine rings is 1.